The molecule has 0 spiro atoms. The molecule has 0 radical (unpaired) electrons. The van der Waals surface area contributed by atoms with E-state index in [1.54, 1.807) is 4.57 Å². The summed E-state index contributed by atoms with van der Waals surface area (Å²) >= 11 is 1.33. The minimum absolute atomic E-state index is 0.0485. The molecule has 1 amide bonds. The van der Waals surface area contributed by atoms with Crippen LogP contribution in [0.5, 0.6) is 0 Å². The van der Waals surface area contributed by atoms with Crippen LogP contribution in [0.2, 0.25) is 0 Å². The Morgan fingerprint density at radius 3 is 2.56 bits per heavy atom. The highest BCUT2D eigenvalue weighted by Crippen LogP contribution is 2.27. The van der Waals surface area contributed by atoms with E-state index in [2.05, 4.69) is 29.4 Å². The number of para-hydroxylation sites is 1. The molecular weight excluding hydrogens is 422 g/mol. The molecule has 0 aliphatic rings. The lowest BCUT2D eigenvalue weighted by atomic mass is 10.1. The number of hydrogen-bond acceptors (Lipinski definition) is 5. The molecule has 1 unspecified atom stereocenters. The van der Waals surface area contributed by atoms with Crippen molar-refractivity contribution in [3.63, 3.8) is 0 Å². The maximum absolute atomic E-state index is 13.5. The number of thioether (sulfide) groups is 1. The third-order valence-electron chi connectivity index (χ3n) is 5.55. The number of carbonyl (C=O) groups excluding carboxylic acids is 1. The molecule has 8 heteroatoms. The highest BCUT2D eigenvalue weighted by atomic mass is 32.2. The molecule has 1 atom stereocenters. The number of nitrogens with one attached hydrogen (secondary N) is 1. The van der Waals surface area contributed by atoms with E-state index in [1.807, 2.05) is 67.6 Å². The van der Waals surface area contributed by atoms with Gasteiger partial charge in [0, 0.05) is 6.54 Å². The first-order valence-electron chi connectivity index (χ1n) is 10.7. The van der Waals surface area contributed by atoms with Gasteiger partial charge in [0.15, 0.2) is 5.16 Å². The monoisotopic (exact) mass is 449 g/mol. The van der Waals surface area contributed by atoms with Gasteiger partial charge < -0.3 is 5.32 Å². The van der Waals surface area contributed by atoms with Crippen LogP contribution in [-0.2, 0) is 4.79 Å². The smallest absolute Gasteiger partial charge is 0.267 e. The van der Waals surface area contributed by atoms with Gasteiger partial charge in [-0.3, -0.25) is 14.0 Å². The van der Waals surface area contributed by atoms with Crippen molar-refractivity contribution in [3.8, 4) is 5.69 Å². The molecule has 1 N–H and O–H groups in total. The molecule has 2 aromatic heterocycles. The van der Waals surface area contributed by atoms with Crippen molar-refractivity contribution < 1.29 is 4.79 Å². The van der Waals surface area contributed by atoms with Gasteiger partial charge in [-0.05, 0) is 56.0 Å². The van der Waals surface area contributed by atoms with Gasteiger partial charge in [0.1, 0.15) is 0 Å². The van der Waals surface area contributed by atoms with Gasteiger partial charge in [-0.1, -0.05) is 49.9 Å². The quantitative estimate of drug-likeness (QED) is 0.452. The number of aryl methyl sites for hydroxylation is 1. The normalized spacial score (nSPS) is 12.6. The second-order valence-electron chi connectivity index (χ2n) is 8.39. The van der Waals surface area contributed by atoms with Gasteiger partial charge in [0.2, 0.25) is 11.7 Å². The van der Waals surface area contributed by atoms with E-state index >= 15 is 0 Å². The predicted octanol–water partition coefficient (Wildman–Crippen LogP) is 3.90. The van der Waals surface area contributed by atoms with E-state index in [4.69, 9.17) is 0 Å². The Kier molecular flexibility index (Phi) is 6.06. The molecule has 0 saturated heterocycles. The molecule has 0 aliphatic heterocycles. The second kappa shape index (κ2) is 8.78. The largest absolute Gasteiger partial charge is 0.355 e. The second-order valence-corrected chi connectivity index (χ2v) is 9.70. The number of carbonyl (C=O) groups is 1. The van der Waals surface area contributed by atoms with E-state index in [-0.39, 0.29) is 16.7 Å². The van der Waals surface area contributed by atoms with Gasteiger partial charge >= 0.3 is 0 Å². The Balaban J connectivity index is 1.90. The van der Waals surface area contributed by atoms with Crippen LogP contribution in [0.25, 0.3) is 22.4 Å². The topological polar surface area (TPSA) is 81.3 Å². The summed E-state index contributed by atoms with van der Waals surface area (Å²) in [6, 6.07) is 13.3. The van der Waals surface area contributed by atoms with Crippen LogP contribution in [-0.4, -0.2) is 36.9 Å². The fourth-order valence-corrected chi connectivity index (χ4v) is 4.49. The van der Waals surface area contributed by atoms with E-state index < -0.39 is 0 Å². The molecule has 32 heavy (non-hydrogen) atoms. The van der Waals surface area contributed by atoms with Crippen molar-refractivity contribution in [2.75, 3.05) is 6.54 Å². The Labute approximate surface area is 190 Å². The Morgan fingerprint density at radius 1 is 1.06 bits per heavy atom. The van der Waals surface area contributed by atoms with Crippen molar-refractivity contribution in [2.45, 2.75) is 45.0 Å². The summed E-state index contributed by atoms with van der Waals surface area (Å²) in [4.78, 5) is 26.1. The molecule has 0 aliphatic carbocycles. The molecule has 4 aromatic rings. The Morgan fingerprint density at radius 2 is 1.81 bits per heavy atom. The lowest BCUT2D eigenvalue weighted by Crippen LogP contribution is -2.33. The third-order valence-corrected chi connectivity index (χ3v) is 6.59. The first-order valence-corrected chi connectivity index (χ1v) is 11.6. The number of hydrogen-bond donors (Lipinski definition) is 1. The summed E-state index contributed by atoms with van der Waals surface area (Å²) in [5.41, 5.74) is 3.44. The van der Waals surface area contributed by atoms with E-state index in [0.29, 0.717) is 28.8 Å². The zero-order valence-electron chi connectivity index (χ0n) is 18.9. The molecular formula is C24H27N5O2S. The fraction of sp³-hybridized carbons (Fsp3) is 0.333. The van der Waals surface area contributed by atoms with Crippen LogP contribution in [0.15, 0.2) is 52.4 Å². The van der Waals surface area contributed by atoms with E-state index in [9.17, 15) is 9.59 Å². The highest BCUT2D eigenvalue weighted by molar-refractivity contribution is 8.00. The molecule has 4 rings (SSSR count). The SMILES string of the molecule is Cc1cccc(-n2c(=O)c3ccccc3n3c(SC(C)C(=O)NCC(C)C)nnc23)c1C. The zero-order chi connectivity index (χ0) is 23.0. The average molecular weight is 450 g/mol. The maximum atomic E-state index is 13.5. The van der Waals surface area contributed by atoms with Crippen LogP contribution < -0.4 is 10.9 Å². The van der Waals surface area contributed by atoms with Gasteiger partial charge in [-0.15, -0.1) is 10.2 Å². The van der Waals surface area contributed by atoms with Gasteiger partial charge in [-0.25, -0.2) is 4.57 Å². The number of benzene rings is 2. The number of aromatic nitrogens is 4. The number of fused-ring (bicyclic) bond motifs is 3. The zero-order valence-corrected chi connectivity index (χ0v) is 19.7. The molecule has 2 heterocycles. The molecule has 7 nitrogen and oxygen atoms in total. The molecule has 0 fully saturated rings. The summed E-state index contributed by atoms with van der Waals surface area (Å²) in [6.45, 7) is 10.6. The van der Waals surface area contributed by atoms with Gasteiger partial charge in [-0.2, -0.15) is 0 Å². The Hall–Kier alpha value is -3.13. The van der Waals surface area contributed by atoms with Crippen LogP contribution in [0.3, 0.4) is 0 Å². The van der Waals surface area contributed by atoms with E-state index in [0.717, 1.165) is 22.3 Å². The number of amides is 1. The molecule has 2 aromatic carbocycles. The van der Waals surface area contributed by atoms with E-state index in [1.165, 1.54) is 11.8 Å². The molecule has 0 bridgehead atoms. The van der Waals surface area contributed by atoms with Gasteiger partial charge in [0.05, 0.1) is 21.8 Å². The Bertz CT molecular complexity index is 1370. The lowest BCUT2D eigenvalue weighted by Gasteiger charge is -2.15. The average Bonchev–Trinajstić information content (AvgIpc) is 3.18. The van der Waals surface area contributed by atoms with Crippen LogP contribution in [0.1, 0.15) is 31.9 Å². The summed E-state index contributed by atoms with van der Waals surface area (Å²) in [7, 11) is 0. The highest BCUT2D eigenvalue weighted by Gasteiger charge is 2.22. The minimum Gasteiger partial charge on any atom is -0.355 e. The summed E-state index contributed by atoms with van der Waals surface area (Å²) in [5, 5.41) is 12.5. The van der Waals surface area contributed by atoms with Crippen molar-refractivity contribution in [1.82, 2.24) is 24.5 Å². The summed E-state index contributed by atoms with van der Waals surface area (Å²) in [6.07, 6.45) is 0. The van der Waals surface area contributed by atoms with Crippen LogP contribution >= 0.6 is 11.8 Å². The first kappa shape index (κ1) is 22.1. The molecule has 166 valence electrons. The lowest BCUT2D eigenvalue weighted by molar-refractivity contribution is -0.120. The number of rotatable bonds is 6. The molecule has 0 saturated carbocycles. The van der Waals surface area contributed by atoms with Crippen molar-refractivity contribution >= 4 is 34.3 Å². The number of nitrogens with zero attached hydrogens (tertiary/aromatic N) is 4. The maximum Gasteiger partial charge on any atom is 0.267 e. The van der Waals surface area contributed by atoms with Gasteiger partial charge in [0.25, 0.3) is 5.56 Å². The van der Waals surface area contributed by atoms with Crippen LogP contribution in [0.4, 0.5) is 0 Å². The fourth-order valence-electron chi connectivity index (χ4n) is 3.61. The third kappa shape index (κ3) is 3.90. The van der Waals surface area contributed by atoms with Crippen molar-refractivity contribution in [2.24, 2.45) is 5.92 Å². The van der Waals surface area contributed by atoms with Crippen molar-refractivity contribution in [1.29, 1.82) is 0 Å². The van der Waals surface area contributed by atoms with Crippen molar-refractivity contribution in [3.05, 3.63) is 63.9 Å². The standard InChI is InChI=1S/C24H27N5O2S/c1-14(2)13-25-21(30)17(5)32-24-27-26-23-28(19-12-8-9-15(3)16(19)4)22(31)18-10-6-7-11-20(18)29(23)24/h6-12,14,17H,13H2,1-5H3,(H,25,30). The minimum atomic E-state index is -0.360. The predicted molar refractivity (Wildman–Crippen MR) is 129 cm³/mol. The van der Waals surface area contributed by atoms with Crippen LogP contribution in [0, 0.1) is 19.8 Å². The summed E-state index contributed by atoms with van der Waals surface area (Å²) in [5.74, 6) is 0.758. The first-order chi connectivity index (χ1) is 15.3. The summed E-state index contributed by atoms with van der Waals surface area (Å²) < 4.78 is 3.49.